The molecule has 104 valence electrons. The number of carboxylic acid groups (broad SMARTS) is 1. The van der Waals surface area contributed by atoms with Gasteiger partial charge in [-0.15, -0.1) is 11.8 Å². The zero-order valence-corrected chi connectivity index (χ0v) is 12.0. The molecule has 0 unspecified atom stereocenters. The van der Waals surface area contributed by atoms with Crippen molar-refractivity contribution >= 4 is 29.3 Å². The second-order valence-electron chi connectivity index (χ2n) is 4.36. The number of nitrogens with one attached hydrogen (secondary N) is 1. The van der Waals surface area contributed by atoms with Gasteiger partial charge in [0.15, 0.2) is 0 Å². The van der Waals surface area contributed by atoms with Crippen LogP contribution < -0.4 is 5.32 Å². The van der Waals surface area contributed by atoms with Crippen LogP contribution in [-0.4, -0.2) is 22.7 Å². The number of anilines is 1. The topological polar surface area (TPSA) is 66.4 Å². The molecule has 1 aromatic carbocycles. The highest BCUT2D eigenvalue weighted by atomic mass is 32.2. The molecule has 0 aromatic heterocycles. The van der Waals surface area contributed by atoms with E-state index in [0.717, 1.165) is 17.7 Å². The number of para-hydroxylation sites is 1. The third-order valence-corrected chi connectivity index (χ3v) is 3.72. The number of amides is 1. The molecule has 1 atom stereocenters. The summed E-state index contributed by atoms with van der Waals surface area (Å²) in [6.45, 7) is 3.94. The van der Waals surface area contributed by atoms with E-state index in [1.807, 2.05) is 32.0 Å². The number of benzene rings is 1. The molecule has 0 bridgehead atoms. The number of carboxylic acids is 1. The number of hydrogen-bond donors (Lipinski definition) is 2. The lowest BCUT2D eigenvalue weighted by Gasteiger charge is -2.13. The van der Waals surface area contributed by atoms with Crippen LogP contribution in [0.2, 0.25) is 0 Å². The fraction of sp³-hybridized carbons (Fsp3) is 0.429. The standard InChI is InChI=1S/C14H19NO3S/c1-3-6-10(2)14(18)15-11-7-4-5-8-12(11)19-9-13(16)17/h4-5,7-8,10H,3,6,9H2,1-2H3,(H,15,18)(H,16,17)/t10-/m0/s1. The molecule has 0 fully saturated rings. The van der Waals surface area contributed by atoms with Gasteiger partial charge in [0.1, 0.15) is 0 Å². The Morgan fingerprint density at radius 3 is 2.68 bits per heavy atom. The molecular formula is C14H19NO3S. The van der Waals surface area contributed by atoms with Crippen LogP contribution in [0.1, 0.15) is 26.7 Å². The zero-order chi connectivity index (χ0) is 14.3. The molecule has 0 aliphatic carbocycles. The van der Waals surface area contributed by atoms with Gasteiger partial charge in [0.05, 0.1) is 11.4 Å². The minimum Gasteiger partial charge on any atom is -0.481 e. The van der Waals surface area contributed by atoms with Gasteiger partial charge in [0.2, 0.25) is 5.91 Å². The molecule has 4 nitrogen and oxygen atoms in total. The minimum atomic E-state index is -0.870. The van der Waals surface area contributed by atoms with E-state index in [1.165, 1.54) is 11.8 Å². The van der Waals surface area contributed by atoms with Crippen molar-refractivity contribution in [2.75, 3.05) is 11.1 Å². The molecule has 0 heterocycles. The Labute approximate surface area is 117 Å². The second kappa shape index (κ2) is 7.84. The van der Waals surface area contributed by atoms with Crippen molar-refractivity contribution in [1.29, 1.82) is 0 Å². The predicted octanol–water partition coefficient (Wildman–Crippen LogP) is 3.24. The number of carbonyl (C=O) groups excluding carboxylic acids is 1. The van der Waals surface area contributed by atoms with Gasteiger partial charge in [0.25, 0.3) is 0 Å². The van der Waals surface area contributed by atoms with Crippen LogP contribution in [0.25, 0.3) is 0 Å². The quantitative estimate of drug-likeness (QED) is 0.753. The Hall–Kier alpha value is -1.49. The Morgan fingerprint density at radius 2 is 2.05 bits per heavy atom. The molecule has 0 spiro atoms. The van der Waals surface area contributed by atoms with E-state index in [0.29, 0.717) is 5.69 Å². The summed E-state index contributed by atoms with van der Waals surface area (Å²) >= 11 is 1.21. The molecule has 1 aromatic rings. The molecule has 0 saturated heterocycles. The Morgan fingerprint density at radius 1 is 1.37 bits per heavy atom. The summed E-state index contributed by atoms with van der Waals surface area (Å²) in [7, 11) is 0. The highest BCUT2D eigenvalue weighted by molar-refractivity contribution is 8.00. The van der Waals surface area contributed by atoms with Crippen LogP contribution in [0.15, 0.2) is 29.2 Å². The lowest BCUT2D eigenvalue weighted by Crippen LogP contribution is -2.20. The average Bonchev–Trinajstić information content (AvgIpc) is 2.37. The van der Waals surface area contributed by atoms with Gasteiger partial charge in [-0.05, 0) is 18.6 Å². The smallest absolute Gasteiger partial charge is 0.313 e. The lowest BCUT2D eigenvalue weighted by atomic mass is 10.1. The van der Waals surface area contributed by atoms with Crippen molar-refractivity contribution < 1.29 is 14.7 Å². The maximum atomic E-state index is 12.0. The zero-order valence-electron chi connectivity index (χ0n) is 11.2. The minimum absolute atomic E-state index is 0.0165. The van der Waals surface area contributed by atoms with E-state index < -0.39 is 5.97 Å². The predicted molar refractivity (Wildman–Crippen MR) is 77.5 cm³/mol. The van der Waals surface area contributed by atoms with Gasteiger partial charge in [-0.2, -0.15) is 0 Å². The number of hydrogen-bond acceptors (Lipinski definition) is 3. The first kappa shape index (κ1) is 15.6. The summed E-state index contributed by atoms with van der Waals surface area (Å²) in [5.74, 6) is -0.949. The summed E-state index contributed by atoms with van der Waals surface area (Å²) in [5.41, 5.74) is 0.682. The van der Waals surface area contributed by atoms with Crippen molar-refractivity contribution in [3.8, 4) is 0 Å². The van der Waals surface area contributed by atoms with Crippen molar-refractivity contribution in [2.45, 2.75) is 31.6 Å². The molecule has 2 N–H and O–H groups in total. The van der Waals surface area contributed by atoms with Crippen LogP contribution in [0.4, 0.5) is 5.69 Å². The van der Waals surface area contributed by atoms with Gasteiger partial charge >= 0.3 is 5.97 Å². The van der Waals surface area contributed by atoms with E-state index in [-0.39, 0.29) is 17.6 Å². The molecule has 0 aliphatic heterocycles. The molecular weight excluding hydrogens is 262 g/mol. The molecule has 19 heavy (non-hydrogen) atoms. The molecule has 0 radical (unpaired) electrons. The summed E-state index contributed by atoms with van der Waals surface area (Å²) < 4.78 is 0. The molecule has 0 saturated carbocycles. The Balaban J connectivity index is 2.71. The van der Waals surface area contributed by atoms with Crippen LogP contribution in [0.5, 0.6) is 0 Å². The maximum Gasteiger partial charge on any atom is 0.313 e. The number of carbonyl (C=O) groups is 2. The van der Waals surface area contributed by atoms with Crippen molar-refractivity contribution in [2.24, 2.45) is 5.92 Å². The largest absolute Gasteiger partial charge is 0.481 e. The van der Waals surface area contributed by atoms with E-state index in [2.05, 4.69) is 5.32 Å². The van der Waals surface area contributed by atoms with Crippen molar-refractivity contribution in [1.82, 2.24) is 0 Å². The van der Waals surface area contributed by atoms with Crippen LogP contribution in [-0.2, 0) is 9.59 Å². The van der Waals surface area contributed by atoms with Crippen molar-refractivity contribution in [3.05, 3.63) is 24.3 Å². The molecule has 5 heteroatoms. The Kier molecular flexibility index (Phi) is 6.42. The van der Waals surface area contributed by atoms with Gasteiger partial charge in [-0.1, -0.05) is 32.4 Å². The monoisotopic (exact) mass is 281 g/mol. The summed E-state index contributed by atoms with van der Waals surface area (Å²) in [6.07, 6.45) is 1.81. The summed E-state index contributed by atoms with van der Waals surface area (Å²) in [6, 6.07) is 7.26. The van der Waals surface area contributed by atoms with Gasteiger partial charge in [-0.25, -0.2) is 0 Å². The maximum absolute atomic E-state index is 12.0. The second-order valence-corrected chi connectivity index (χ2v) is 5.37. The number of thioether (sulfide) groups is 1. The highest BCUT2D eigenvalue weighted by Gasteiger charge is 2.14. The third-order valence-electron chi connectivity index (χ3n) is 2.67. The SMILES string of the molecule is CCC[C@H](C)C(=O)Nc1ccccc1SCC(=O)O. The van der Waals surface area contributed by atoms with Crippen LogP contribution in [0.3, 0.4) is 0 Å². The summed E-state index contributed by atoms with van der Waals surface area (Å²) in [5, 5.41) is 11.6. The number of rotatable bonds is 7. The van der Waals surface area contributed by atoms with E-state index in [1.54, 1.807) is 6.07 Å². The van der Waals surface area contributed by atoms with Gasteiger partial charge < -0.3 is 10.4 Å². The van der Waals surface area contributed by atoms with Gasteiger partial charge in [-0.3, -0.25) is 9.59 Å². The fourth-order valence-corrected chi connectivity index (χ4v) is 2.38. The number of aliphatic carboxylic acids is 1. The molecule has 0 aliphatic rings. The fourth-order valence-electron chi connectivity index (χ4n) is 1.66. The van der Waals surface area contributed by atoms with Crippen molar-refractivity contribution in [3.63, 3.8) is 0 Å². The Bertz CT molecular complexity index is 448. The summed E-state index contributed by atoms with van der Waals surface area (Å²) in [4.78, 5) is 23.3. The highest BCUT2D eigenvalue weighted by Crippen LogP contribution is 2.27. The van der Waals surface area contributed by atoms with Gasteiger partial charge in [0, 0.05) is 10.8 Å². The molecule has 1 rings (SSSR count). The first-order valence-electron chi connectivity index (χ1n) is 6.29. The van der Waals surface area contributed by atoms with Crippen LogP contribution >= 0.6 is 11.8 Å². The third kappa shape index (κ3) is 5.34. The normalized spacial score (nSPS) is 11.9. The molecule has 1 amide bonds. The van der Waals surface area contributed by atoms with E-state index in [4.69, 9.17) is 5.11 Å². The first-order chi connectivity index (χ1) is 9.04. The lowest BCUT2D eigenvalue weighted by molar-refractivity contribution is -0.133. The first-order valence-corrected chi connectivity index (χ1v) is 7.27. The average molecular weight is 281 g/mol. The van der Waals surface area contributed by atoms with E-state index in [9.17, 15) is 9.59 Å². The van der Waals surface area contributed by atoms with Crippen LogP contribution in [0, 0.1) is 5.92 Å². The van der Waals surface area contributed by atoms with E-state index >= 15 is 0 Å².